The van der Waals surface area contributed by atoms with Gasteiger partial charge in [0.2, 0.25) is 0 Å². The van der Waals surface area contributed by atoms with Gasteiger partial charge in [0.25, 0.3) is 5.91 Å². The average Bonchev–Trinajstić information content (AvgIpc) is 2.94. The van der Waals surface area contributed by atoms with E-state index in [9.17, 15) is 9.59 Å². The molecule has 27 heavy (non-hydrogen) atoms. The Balaban J connectivity index is 2.29. The van der Waals surface area contributed by atoms with Gasteiger partial charge in [-0.15, -0.1) is 0 Å². The summed E-state index contributed by atoms with van der Waals surface area (Å²) in [5.74, 6) is 1.15. The van der Waals surface area contributed by atoms with Gasteiger partial charge in [0.15, 0.2) is 17.3 Å². The van der Waals surface area contributed by atoms with E-state index in [-0.39, 0.29) is 11.7 Å². The number of H-pyrrole nitrogens is 1. The molecule has 1 aromatic carbocycles. The van der Waals surface area contributed by atoms with Crippen molar-refractivity contribution in [3.63, 3.8) is 0 Å². The van der Waals surface area contributed by atoms with E-state index in [1.54, 1.807) is 18.9 Å². The van der Waals surface area contributed by atoms with E-state index in [0.29, 0.717) is 48.0 Å². The Morgan fingerprint density at radius 1 is 1.15 bits per heavy atom. The van der Waals surface area contributed by atoms with Crippen LogP contribution in [0.5, 0.6) is 11.5 Å². The monoisotopic (exact) mass is 372 g/mol. The molecule has 2 rings (SSSR count). The van der Waals surface area contributed by atoms with Crippen LogP contribution in [0.2, 0.25) is 0 Å². The van der Waals surface area contributed by atoms with Crippen LogP contribution in [0.1, 0.15) is 58.4 Å². The third-order valence-corrected chi connectivity index (χ3v) is 4.57. The van der Waals surface area contributed by atoms with Gasteiger partial charge < -0.3 is 19.4 Å². The fraction of sp³-hybridized carbons (Fsp3) is 0.429. The standard InChI is InChI=1S/C21H28N2O4/c1-7-23(12-16-9-10-17(27-8-2)18(11-16)26-6)21(25)20-13(3)19(15(5)24)14(4)22-20/h9-11,22H,7-8,12H2,1-6H3. The maximum absolute atomic E-state index is 13.0. The second-order valence-corrected chi connectivity index (χ2v) is 6.42. The molecule has 6 nitrogen and oxygen atoms in total. The highest BCUT2D eigenvalue weighted by Gasteiger charge is 2.23. The van der Waals surface area contributed by atoms with Crippen LogP contribution in [0.15, 0.2) is 18.2 Å². The number of aryl methyl sites for hydroxylation is 1. The van der Waals surface area contributed by atoms with Crippen LogP contribution in [0.25, 0.3) is 0 Å². The largest absolute Gasteiger partial charge is 0.493 e. The SMILES string of the molecule is CCOc1ccc(CN(CC)C(=O)c2[nH]c(C)c(C(C)=O)c2C)cc1OC. The van der Waals surface area contributed by atoms with E-state index in [2.05, 4.69) is 4.98 Å². The van der Waals surface area contributed by atoms with Gasteiger partial charge in [-0.05, 0) is 57.9 Å². The normalized spacial score (nSPS) is 10.6. The second kappa shape index (κ2) is 8.75. The van der Waals surface area contributed by atoms with Gasteiger partial charge in [-0.3, -0.25) is 9.59 Å². The van der Waals surface area contributed by atoms with Gasteiger partial charge in [0.05, 0.1) is 13.7 Å². The van der Waals surface area contributed by atoms with Crippen LogP contribution < -0.4 is 9.47 Å². The lowest BCUT2D eigenvalue weighted by molar-refractivity contribution is 0.0746. The molecule has 0 saturated carbocycles. The maximum Gasteiger partial charge on any atom is 0.270 e. The number of Topliss-reactive ketones (excluding diaryl/α,β-unsaturated/α-hetero) is 1. The Kier molecular flexibility index (Phi) is 6.66. The first-order chi connectivity index (χ1) is 12.8. The van der Waals surface area contributed by atoms with Crippen LogP contribution in [0.3, 0.4) is 0 Å². The molecule has 0 aliphatic carbocycles. The molecule has 0 bridgehead atoms. The van der Waals surface area contributed by atoms with Crippen molar-refractivity contribution in [2.75, 3.05) is 20.3 Å². The van der Waals surface area contributed by atoms with Crippen LogP contribution in [-0.2, 0) is 6.54 Å². The number of nitrogens with zero attached hydrogens (tertiary/aromatic N) is 1. The Morgan fingerprint density at radius 2 is 1.85 bits per heavy atom. The fourth-order valence-electron chi connectivity index (χ4n) is 3.28. The Bertz CT molecular complexity index is 839. The summed E-state index contributed by atoms with van der Waals surface area (Å²) in [6.45, 7) is 10.5. The highest BCUT2D eigenvalue weighted by atomic mass is 16.5. The molecular weight excluding hydrogens is 344 g/mol. The summed E-state index contributed by atoms with van der Waals surface area (Å²) in [6, 6.07) is 5.67. The quantitative estimate of drug-likeness (QED) is 0.713. The van der Waals surface area contributed by atoms with Crippen molar-refractivity contribution in [3.05, 3.63) is 46.3 Å². The molecule has 146 valence electrons. The van der Waals surface area contributed by atoms with E-state index in [1.807, 2.05) is 39.0 Å². The second-order valence-electron chi connectivity index (χ2n) is 6.42. The minimum atomic E-state index is -0.126. The van der Waals surface area contributed by atoms with Crippen molar-refractivity contribution < 1.29 is 19.1 Å². The minimum absolute atomic E-state index is 0.0420. The van der Waals surface area contributed by atoms with Crippen molar-refractivity contribution in [2.24, 2.45) is 0 Å². The zero-order chi connectivity index (χ0) is 20.1. The number of rotatable bonds is 8. The molecule has 0 spiro atoms. The van der Waals surface area contributed by atoms with E-state index >= 15 is 0 Å². The molecule has 0 aliphatic heterocycles. The zero-order valence-corrected chi connectivity index (χ0v) is 16.9. The van der Waals surface area contributed by atoms with Gasteiger partial charge in [0.1, 0.15) is 5.69 Å². The third-order valence-electron chi connectivity index (χ3n) is 4.57. The number of carbonyl (C=O) groups excluding carboxylic acids is 2. The lowest BCUT2D eigenvalue weighted by Crippen LogP contribution is -2.31. The molecule has 0 unspecified atom stereocenters. The van der Waals surface area contributed by atoms with E-state index in [4.69, 9.17) is 9.47 Å². The number of hydrogen-bond donors (Lipinski definition) is 1. The summed E-state index contributed by atoms with van der Waals surface area (Å²) in [4.78, 5) is 29.7. The first-order valence-corrected chi connectivity index (χ1v) is 9.13. The predicted octanol–water partition coefficient (Wildman–Crippen LogP) is 3.90. The lowest BCUT2D eigenvalue weighted by Gasteiger charge is -2.21. The molecule has 1 amide bonds. The van der Waals surface area contributed by atoms with Crippen molar-refractivity contribution in [1.29, 1.82) is 0 Å². The van der Waals surface area contributed by atoms with Crippen molar-refractivity contribution in [3.8, 4) is 11.5 Å². The topological polar surface area (TPSA) is 71.6 Å². The number of carbonyl (C=O) groups is 2. The molecular formula is C21H28N2O4. The number of ether oxygens (including phenoxy) is 2. The molecule has 0 fully saturated rings. The predicted molar refractivity (Wildman–Crippen MR) is 105 cm³/mol. The lowest BCUT2D eigenvalue weighted by atomic mass is 10.1. The van der Waals surface area contributed by atoms with Crippen molar-refractivity contribution in [1.82, 2.24) is 9.88 Å². The molecule has 6 heteroatoms. The van der Waals surface area contributed by atoms with Crippen LogP contribution in [-0.4, -0.2) is 41.8 Å². The van der Waals surface area contributed by atoms with Gasteiger partial charge in [-0.25, -0.2) is 0 Å². The molecule has 1 N–H and O–H groups in total. The molecule has 1 aromatic heterocycles. The molecule has 0 aliphatic rings. The van der Waals surface area contributed by atoms with Crippen LogP contribution >= 0.6 is 0 Å². The van der Waals surface area contributed by atoms with Gasteiger partial charge in [0, 0.05) is 24.3 Å². The molecule has 0 atom stereocenters. The summed E-state index contributed by atoms with van der Waals surface area (Å²) < 4.78 is 10.9. The summed E-state index contributed by atoms with van der Waals surface area (Å²) >= 11 is 0. The molecule has 2 aromatic rings. The summed E-state index contributed by atoms with van der Waals surface area (Å²) in [6.07, 6.45) is 0. The summed E-state index contributed by atoms with van der Waals surface area (Å²) in [7, 11) is 1.60. The minimum Gasteiger partial charge on any atom is -0.493 e. The Labute approximate surface area is 160 Å². The summed E-state index contributed by atoms with van der Waals surface area (Å²) in [5.41, 5.74) is 3.43. The Morgan fingerprint density at radius 3 is 2.37 bits per heavy atom. The van der Waals surface area contributed by atoms with Gasteiger partial charge in [-0.1, -0.05) is 6.07 Å². The van der Waals surface area contributed by atoms with E-state index < -0.39 is 0 Å². The van der Waals surface area contributed by atoms with Gasteiger partial charge in [-0.2, -0.15) is 0 Å². The van der Waals surface area contributed by atoms with Crippen molar-refractivity contribution >= 4 is 11.7 Å². The van der Waals surface area contributed by atoms with Gasteiger partial charge >= 0.3 is 0 Å². The molecule has 0 radical (unpaired) electrons. The van der Waals surface area contributed by atoms with E-state index in [1.165, 1.54) is 6.92 Å². The number of methoxy groups -OCH3 is 1. The smallest absolute Gasteiger partial charge is 0.270 e. The first-order valence-electron chi connectivity index (χ1n) is 9.13. The number of aromatic nitrogens is 1. The first kappa shape index (κ1) is 20.6. The third kappa shape index (κ3) is 4.32. The molecule has 1 heterocycles. The summed E-state index contributed by atoms with van der Waals surface area (Å²) in [5, 5.41) is 0. The van der Waals surface area contributed by atoms with Crippen LogP contribution in [0, 0.1) is 13.8 Å². The number of benzene rings is 1. The fourth-order valence-corrected chi connectivity index (χ4v) is 3.28. The number of nitrogens with one attached hydrogen (secondary N) is 1. The van der Waals surface area contributed by atoms with Crippen LogP contribution in [0.4, 0.5) is 0 Å². The average molecular weight is 372 g/mol. The highest BCUT2D eigenvalue weighted by Crippen LogP contribution is 2.29. The highest BCUT2D eigenvalue weighted by molar-refractivity contribution is 6.02. The van der Waals surface area contributed by atoms with E-state index in [0.717, 1.165) is 11.3 Å². The Hall–Kier alpha value is -2.76. The molecule has 0 saturated heterocycles. The number of hydrogen-bond acceptors (Lipinski definition) is 4. The number of amides is 1. The van der Waals surface area contributed by atoms with Crippen molar-refractivity contribution in [2.45, 2.75) is 41.2 Å². The number of ketones is 1. The zero-order valence-electron chi connectivity index (χ0n) is 16.9. The number of aromatic amines is 1. The maximum atomic E-state index is 13.0.